The van der Waals surface area contributed by atoms with Crippen LogP contribution in [0.25, 0.3) is 4.72 Å². The van der Waals surface area contributed by atoms with Gasteiger partial charge in [-0.2, -0.15) is 0 Å². The van der Waals surface area contributed by atoms with E-state index in [0.29, 0.717) is 11.4 Å². The molecule has 6 nitrogen and oxygen atoms in total. The summed E-state index contributed by atoms with van der Waals surface area (Å²) >= 11 is 0. The van der Waals surface area contributed by atoms with Crippen molar-refractivity contribution in [3.8, 4) is 0 Å². The van der Waals surface area contributed by atoms with Crippen LogP contribution in [0.15, 0.2) is 33.7 Å². The molecule has 2 aromatic rings. The molecule has 0 radical (unpaired) electrons. The minimum Gasteiger partial charge on any atom is -0.573 e. The lowest BCUT2D eigenvalue weighted by molar-refractivity contribution is -0.366. The van der Waals surface area contributed by atoms with Gasteiger partial charge < -0.3 is 15.0 Å². The number of hydrogen-bond acceptors (Lipinski definition) is 4. The highest BCUT2D eigenvalue weighted by Crippen LogP contribution is 2.31. The molecule has 1 aromatic heterocycles. The van der Waals surface area contributed by atoms with E-state index in [0.717, 1.165) is 18.5 Å². The molecule has 0 aliphatic rings. The van der Waals surface area contributed by atoms with Gasteiger partial charge in [0.15, 0.2) is 5.76 Å². The second-order valence-electron chi connectivity index (χ2n) is 4.49. The van der Waals surface area contributed by atoms with Gasteiger partial charge in [0, 0.05) is 6.42 Å². The number of nitrogens with zero attached hydrogens (tertiary/aromatic N) is 2. The van der Waals surface area contributed by atoms with Crippen LogP contribution in [-0.4, -0.2) is 20.1 Å². The van der Waals surface area contributed by atoms with Crippen LogP contribution < -0.4 is 5.73 Å². The highest BCUT2D eigenvalue weighted by molar-refractivity contribution is 7.94. The minimum atomic E-state index is -3.80. The van der Waals surface area contributed by atoms with Crippen molar-refractivity contribution in [3.63, 3.8) is 0 Å². The number of quaternary nitrogens is 1. The van der Waals surface area contributed by atoms with Crippen LogP contribution in [0.3, 0.4) is 0 Å². The SMILES string of the molecule is Cc1noc(C)c1S(=O)(=O)[N-]c1ccc(CC[NH3+])cc1. The van der Waals surface area contributed by atoms with Gasteiger partial charge in [-0.25, -0.2) is 8.42 Å². The highest BCUT2D eigenvalue weighted by Gasteiger charge is 2.17. The van der Waals surface area contributed by atoms with Crippen LogP contribution in [0.2, 0.25) is 0 Å². The summed E-state index contributed by atoms with van der Waals surface area (Å²) in [4.78, 5) is 0.0411. The van der Waals surface area contributed by atoms with Crippen molar-refractivity contribution >= 4 is 15.7 Å². The predicted octanol–water partition coefficient (Wildman–Crippen LogP) is 1.47. The molecule has 0 unspecified atom stereocenters. The van der Waals surface area contributed by atoms with Gasteiger partial charge in [-0.15, -0.1) is 5.69 Å². The summed E-state index contributed by atoms with van der Waals surface area (Å²) in [5.41, 5.74) is 5.59. The third-order valence-electron chi connectivity index (χ3n) is 2.85. The van der Waals surface area contributed by atoms with Crippen molar-refractivity contribution in [2.24, 2.45) is 0 Å². The van der Waals surface area contributed by atoms with Gasteiger partial charge in [0.1, 0.15) is 14.9 Å². The molecule has 20 heavy (non-hydrogen) atoms. The van der Waals surface area contributed by atoms with E-state index in [2.05, 4.69) is 15.6 Å². The van der Waals surface area contributed by atoms with Crippen LogP contribution in [0.5, 0.6) is 0 Å². The van der Waals surface area contributed by atoms with E-state index in [1.807, 2.05) is 12.1 Å². The van der Waals surface area contributed by atoms with Gasteiger partial charge in [-0.3, -0.25) is 0 Å². The Morgan fingerprint density at radius 1 is 1.25 bits per heavy atom. The van der Waals surface area contributed by atoms with Crippen molar-refractivity contribution < 1.29 is 18.7 Å². The van der Waals surface area contributed by atoms with Crippen molar-refractivity contribution in [2.75, 3.05) is 6.54 Å². The molecule has 3 N–H and O–H groups in total. The normalized spacial score (nSPS) is 11.6. The van der Waals surface area contributed by atoms with Crippen LogP contribution >= 0.6 is 0 Å². The summed E-state index contributed by atoms with van der Waals surface area (Å²) in [6, 6.07) is 7.07. The maximum absolute atomic E-state index is 12.2. The molecule has 2 rings (SSSR count). The molecular formula is C13H17N3O3S. The zero-order valence-corrected chi connectivity index (χ0v) is 12.3. The van der Waals surface area contributed by atoms with E-state index in [1.54, 1.807) is 26.0 Å². The first kappa shape index (κ1) is 14.5. The molecular weight excluding hydrogens is 278 g/mol. The Morgan fingerprint density at radius 3 is 2.40 bits per heavy atom. The van der Waals surface area contributed by atoms with Crippen molar-refractivity contribution in [2.45, 2.75) is 25.2 Å². The van der Waals surface area contributed by atoms with E-state index in [9.17, 15) is 8.42 Å². The van der Waals surface area contributed by atoms with E-state index in [1.165, 1.54) is 0 Å². The first-order chi connectivity index (χ1) is 9.44. The number of benzene rings is 1. The summed E-state index contributed by atoms with van der Waals surface area (Å²) in [5, 5.41) is 3.64. The zero-order chi connectivity index (χ0) is 14.8. The average Bonchev–Trinajstić information content (AvgIpc) is 2.72. The fourth-order valence-corrected chi connectivity index (χ4v) is 3.26. The maximum atomic E-state index is 12.2. The maximum Gasteiger partial charge on any atom is 0.151 e. The fourth-order valence-electron chi connectivity index (χ4n) is 1.95. The third-order valence-corrected chi connectivity index (χ3v) is 4.40. The largest absolute Gasteiger partial charge is 0.573 e. The van der Waals surface area contributed by atoms with E-state index >= 15 is 0 Å². The fraction of sp³-hybridized carbons (Fsp3) is 0.308. The molecule has 0 atom stereocenters. The Balaban J connectivity index is 2.24. The number of hydrogen-bond donors (Lipinski definition) is 1. The summed E-state index contributed by atoms with van der Waals surface area (Å²) in [6.07, 6.45) is 0.858. The van der Waals surface area contributed by atoms with E-state index in [-0.39, 0.29) is 10.7 Å². The Kier molecular flexibility index (Phi) is 4.10. The monoisotopic (exact) mass is 295 g/mol. The Bertz CT molecular complexity index is 671. The molecule has 0 amide bonds. The molecule has 0 saturated carbocycles. The minimum absolute atomic E-state index is 0.0411. The number of aromatic nitrogens is 1. The molecule has 108 valence electrons. The van der Waals surface area contributed by atoms with Gasteiger partial charge >= 0.3 is 0 Å². The Labute approximate surface area is 118 Å². The zero-order valence-electron chi connectivity index (χ0n) is 11.5. The lowest BCUT2D eigenvalue weighted by Gasteiger charge is -2.21. The topological polar surface area (TPSA) is 102 Å². The lowest BCUT2D eigenvalue weighted by atomic mass is 10.1. The van der Waals surface area contributed by atoms with Crippen molar-refractivity contribution in [3.05, 3.63) is 46.0 Å². The molecule has 7 heteroatoms. The molecule has 0 aliphatic carbocycles. The average molecular weight is 295 g/mol. The number of sulfonamides is 1. The van der Waals surface area contributed by atoms with E-state index in [4.69, 9.17) is 4.52 Å². The first-order valence-corrected chi connectivity index (χ1v) is 7.67. The molecule has 1 aromatic carbocycles. The standard InChI is InChI=1S/C13H16N3O3S/c1-9-13(10(2)19-15-9)20(17,18)16-12-5-3-11(4-6-12)7-8-14/h3-6H,7-8,14H2,1-2H3/q-1/p+1. The molecule has 0 aliphatic heterocycles. The Hall–Kier alpha value is -1.86. The molecule has 1 heterocycles. The highest BCUT2D eigenvalue weighted by atomic mass is 32.2. The summed E-state index contributed by atoms with van der Waals surface area (Å²) < 4.78 is 33.2. The number of rotatable bonds is 5. The molecule has 0 saturated heterocycles. The second-order valence-corrected chi connectivity index (χ2v) is 6.03. The van der Waals surface area contributed by atoms with Gasteiger partial charge in [-0.1, -0.05) is 29.4 Å². The van der Waals surface area contributed by atoms with E-state index < -0.39 is 10.0 Å². The Morgan fingerprint density at radius 2 is 1.90 bits per heavy atom. The lowest BCUT2D eigenvalue weighted by Crippen LogP contribution is -2.51. The van der Waals surface area contributed by atoms with Crippen molar-refractivity contribution in [1.29, 1.82) is 0 Å². The van der Waals surface area contributed by atoms with Gasteiger partial charge in [-0.05, 0) is 19.4 Å². The van der Waals surface area contributed by atoms with Crippen molar-refractivity contribution in [1.82, 2.24) is 5.16 Å². The number of aryl methyl sites for hydroxylation is 2. The third kappa shape index (κ3) is 3.00. The predicted molar refractivity (Wildman–Crippen MR) is 74.1 cm³/mol. The van der Waals surface area contributed by atoms with Crippen LogP contribution in [0, 0.1) is 13.8 Å². The van der Waals surface area contributed by atoms with Gasteiger partial charge in [0.25, 0.3) is 0 Å². The van der Waals surface area contributed by atoms with Crippen LogP contribution in [-0.2, 0) is 16.4 Å². The summed E-state index contributed by atoms with van der Waals surface area (Å²) in [5.74, 6) is 0.250. The van der Waals surface area contributed by atoms with Gasteiger partial charge in [0.05, 0.1) is 12.2 Å². The smallest absolute Gasteiger partial charge is 0.151 e. The molecule has 0 fully saturated rings. The summed E-state index contributed by atoms with van der Waals surface area (Å²) in [6.45, 7) is 3.93. The first-order valence-electron chi connectivity index (χ1n) is 6.23. The quantitative estimate of drug-likeness (QED) is 0.902. The second kappa shape index (κ2) is 5.64. The van der Waals surface area contributed by atoms with Gasteiger partial charge in [0.2, 0.25) is 0 Å². The van der Waals surface area contributed by atoms with Crippen LogP contribution in [0.1, 0.15) is 17.0 Å². The van der Waals surface area contributed by atoms with Crippen LogP contribution in [0.4, 0.5) is 5.69 Å². The molecule has 0 spiro atoms. The molecule has 0 bridgehead atoms. The summed E-state index contributed by atoms with van der Waals surface area (Å²) in [7, 11) is -3.80.